The normalized spacial score (nSPS) is 11.8. The van der Waals surface area contributed by atoms with Gasteiger partial charge in [-0.3, -0.25) is 0 Å². The van der Waals surface area contributed by atoms with Crippen molar-refractivity contribution in [3.8, 4) is 0 Å². The van der Waals surface area contributed by atoms with E-state index in [1.165, 1.54) is 70.3 Å². The molecule has 0 saturated heterocycles. The van der Waals surface area contributed by atoms with Crippen molar-refractivity contribution in [2.24, 2.45) is 0 Å². The summed E-state index contributed by atoms with van der Waals surface area (Å²) in [6, 6.07) is 0. The van der Waals surface area contributed by atoms with Gasteiger partial charge in [0.05, 0.1) is 0 Å². The van der Waals surface area contributed by atoms with Crippen molar-refractivity contribution in [3.63, 3.8) is 0 Å². The van der Waals surface area contributed by atoms with Gasteiger partial charge in [-0.05, 0) is 18.9 Å². The zero-order valence-corrected chi connectivity index (χ0v) is 13.1. The fraction of sp³-hybridized carbons (Fsp3) is 0.824. The molecule has 0 radical (unpaired) electrons. The quantitative estimate of drug-likeness (QED) is 0.248. The van der Waals surface area contributed by atoms with Crippen molar-refractivity contribution in [2.75, 3.05) is 0 Å². The van der Waals surface area contributed by atoms with Crippen LogP contribution in [0.25, 0.3) is 0 Å². The third-order valence-electron chi connectivity index (χ3n) is 3.61. The molecule has 3 heteroatoms. The number of carboxylic acids is 1. The molecular formula is C17H32O3. The number of hydrogen-bond acceptors (Lipinski definition) is 2. The van der Waals surface area contributed by atoms with E-state index in [2.05, 4.69) is 6.92 Å². The molecule has 0 rings (SSSR count). The fourth-order valence-corrected chi connectivity index (χ4v) is 2.31. The molecule has 0 aromatic carbocycles. The van der Waals surface area contributed by atoms with E-state index in [4.69, 9.17) is 10.2 Å². The van der Waals surface area contributed by atoms with Gasteiger partial charge in [0.1, 0.15) is 0 Å². The molecule has 2 N–H and O–H groups in total. The van der Waals surface area contributed by atoms with E-state index >= 15 is 0 Å². The molecule has 0 aromatic rings. The van der Waals surface area contributed by atoms with E-state index in [-0.39, 0.29) is 0 Å². The number of aliphatic hydroxyl groups excluding tert-OH is 1. The zero-order chi connectivity index (χ0) is 15.1. The lowest BCUT2D eigenvalue weighted by Gasteiger charge is -2.02. The molecule has 0 bridgehead atoms. The highest BCUT2D eigenvalue weighted by Crippen LogP contribution is 2.12. The van der Waals surface area contributed by atoms with Crippen LogP contribution < -0.4 is 0 Å². The Labute approximate surface area is 124 Å². The predicted octanol–water partition coefficient (Wildman–Crippen LogP) is 5.60. The first kappa shape index (κ1) is 19.0. The van der Waals surface area contributed by atoms with Crippen LogP contribution in [0.5, 0.6) is 0 Å². The lowest BCUT2D eigenvalue weighted by molar-refractivity contribution is -0.135. The van der Waals surface area contributed by atoms with Gasteiger partial charge in [-0.25, -0.2) is 4.79 Å². The number of allylic oxidation sites excluding steroid dienone is 1. The number of hydrogen-bond donors (Lipinski definition) is 2. The van der Waals surface area contributed by atoms with E-state index in [9.17, 15) is 4.79 Å². The van der Waals surface area contributed by atoms with Crippen LogP contribution in [-0.2, 0) is 4.79 Å². The average molecular weight is 284 g/mol. The van der Waals surface area contributed by atoms with Crippen molar-refractivity contribution >= 4 is 5.97 Å². The van der Waals surface area contributed by atoms with Gasteiger partial charge in [-0.2, -0.15) is 0 Å². The Bertz CT molecular complexity index is 259. The molecule has 0 aliphatic carbocycles. The molecule has 20 heavy (non-hydrogen) atoms. The molecule has 0 heterocycles. The molecule has 0 aliphatic rings. The molecule has 0 atom stereocenters. The Morgan fingerprint density at radius 2 is 1.15 bits per heavy atom. The Hall–Kier alpha value is -0.990. The molecule has 3 nitrogen and oxygen atoms in total. The summed E-state index contributed by atoms with van der Waals surface area (Å²) in [5.74, 6) is -1.75. The van der Waals surface area contributed by atoms with E-state index in [0.29, 0.717) is 6.42 Å². The summed E-state index contributed by atoms with van der Waals surface area (Å²) in [6.45, 7) is 2.25. The summed E-state index contributed by atoms with van der Waals surface area (Å²) in [6.07, 6.45) is 17.6. The maximum absolute atomic E-state index is 10.3. The van der Waals surface area contributed by atoms with Crippen LogP contribution in [0.15, 0.2) is 11.8 Å². The summed E-state index contributed by atoms with van der Waals surface area (Å²) < 4.78 is 0. The average Bonchev–Trinajstić information content (AvgIpc) is 2.43. The first-order valence-electron chi connectivity index (χ1n) is 8.31. The lowest BCUT2D eigenvalue weighted by atomic mass is 10.0. The van der Waals surface area contributed by atoms with Crippen LogP contribution >= 0.6 is 0 Å². The maximum Gasteiger partial charge on any atom is 0.370 e. The molecule has 0 saturated carbocycles. The highest BCUT2D eigenvalue weighted by molar-refractivity contribution is 5.83. The third kappa shape index (κ3) is 13.4. The Kier molecular flexibility index (Phi) is 13.7. The molecule has 0 fully saturated rings. The monoisotopic (exact) mass is 284 g/mol. The van der Waals surface area contributed by atoms with Crippen molar-refractivity contribution < 1.29 is 15.0 Å². The largest absolute Gasteiger partial charge is 0.502 e. The minimum absolute atomic E-state index is 0.520. The summed E-state index contributed by atoms with van der Waals surface area (Å²) in [5.41, 5.74) is 0. The van der Waals surface area contributed by atoms with E-state index in [1.54, 1.807) is 0 Å². The molecule has 0 amide bonds. The number of unbranched alkanes of at least 4 members (excludes halogenated alkanes) is 12. The highest BCUT2D eigenvalue weighted by atomic mass is 16.4. The SMILES string of the molecule is CCCCCCCCCCCCCC/C=C(\O)C(=O)O. The molecule has 118 valence electrons. The van der Waals surface area contributed by atoms with Crippen molar-refractivity contribution in [3.05, 3.63) is 11.8 Å². The highest BCUT2D eigenvalue weighted by Gasteiger charge is 2.01. The number of rotatable bonds is 14. The van der Waals surface area contributed by atoms with Crippen LogP contribution in [0, 0.1) is 0 Å². The van der Waals surface area contributed by atoms with Gasteiger partial charge in [-0.1, -0.05) is 77.6 Å². The van der Waals surface area contributed by atoms with Crippen molar-refractivity contribution in [1.29, 1.82) is 0 Å². The summed E-state index contributed by atoms with van der Waals surface area (Å²) in [4.78, 5) is 10.3. The van der Waals surface area contributed by atoms with Crippen LogP contribution in [0.4, 0.5) is 0 Å². The van der Waals surface area contributed by atoms with Gasteiger partial charge >= 0.3 is 5.97 Å². The molecule has 0 unspecified atom stereocenters. The van der Waals surface area contributed by atoms with Gasteiger partial charge in [0.15, 0.2) is 5.76 Å². The molecule has 0 spiro atoms. The third-order valence-corrected chi connectivity index (χ3v) is 3.61. The van der Waals surface area contributed by atoms with Crippen molar-refractivity contribution in [1.82, 2.24) is 0 Å². The van der Waals surface area contributed by atoms with Crippen LogP contribution in [0.3, 0.4) is 0 Å². The van der Waals surface area contributed by atoms with Crippen LogP contribution in [-0.4, -0.2) is 16.2 Å². The summed E-state index contributed by atoms with van der Waals surface area (Å²) in [5, 5.41) is 17.4. The standard InChI is InChI=1S/C17H32O3/c1-2-3-4-5-6-7-8-9-10-11-12-13-14-15-16(18)17(19)20/h15,18H,2-14H2,1H3,(H,19,20)/b16-15-. The topological polar surface area (TPSA) is 57.5 Å². The van der Waals surface area contributed by atoms with E-state index in [0.717, 1.165) is 12.8 Å². The number of carboxylic acid groups (broad SMARTS) is 1. The Morgan fingerprint density at radius 3 is 1.55 bits per heavy atom. The summed E-state index contributed by atoms with van der Waals surface area (Å²) in [7, 11) is 0. The Balaban J connectivity index is 3.14. The first-order valence-corrected chi connectivity index (χ1v) is 8.31. The van der Waals surface area contributed by atoms with Gasteiger partial charge < -0.3 is 10.2 Å². The van der Waals surface area contributed by atoms with Crippen LogP contribution in [0.1, 0.15) is 90.4 Å². The number of aliphatic hydroxyl groups is 1. The minimum Gasteiger partial charge on any atom is -0.502 e. The summed E-state index contributed by atoms with van der Waals surface area (Å²) >= 11 is 0. The Morgan fingerprint density at radius 1 is 0.750 bits per heavy atom. The number of aliphatic carboxylic acids is 1. The van der Waals surface area contributed by atoms with E-state index < -0.39 is 11.7 Å². The molecule has 0 aromatic heterocycles. The molecule has 0 aliphatic heterocycles. The lowest BCUT2D eigenvalue weighted by Crippen LogP contribution is -1.98. The van der Waals surface area contributed by atoms with E-state index in [1.807, 2.05) is 0 Å². The van der Waals surface area contributed by atoms with Gasteiger partial charge in [0, 0.05) is 0 Å². The van der Waals surface area contributed by atoms with Crippen molar-refractivity contribution in [2.45, 2.75) is 90.4 Å². The van der Waals surface area contributed by atoms with Crippen LogP contribution in [0.2, 0.25) is 0 Å². The predicted molar refractivity (Wildman–Crippen MR) is 84.0 cm³/mol. The second-order valence-corrected chi connectivity index (χ2v) is 5.57. The van der Waals surface area contributed by atoms with Gasteiger partial charge in [-0.15, -0.1) is 0 Å². The first-order chi connectivity index (χ1) is 9.68. The number of carbonyl (C=O) groups is 1. The second-order valence-electron chi connectivity index (χ2n) is 5.57. The minimum atomic E-state index is -1.23. The van der Waals surface area contributed by atoms with Gasteiger partial charge in [0.25, 0.3) is 0 Å². The fourth-order valence-electron chi connectivity index (χ4n) is 2.31. The zero-order valence-electron chi connectivity index (χ0n) is 13.1. The maximum atomic E-state index is 10.3. The second kappa shape index (κ2) is 14.4. The smallest absolute Gasteiger partial charge is 0.370 e. The van der Waals surface area contributed by atoms with Gasteiger partial charge in [0.2, 0.25) is 0 Å². The molecular weight excluding hydrogens is 252 g/mol.